The van der Waals surface area contributed by atoms with Crippen molar-refractivity contribution in [1.29, 1.82) is 0 Å². The van der Waals surface area contributed by atoms with Crippen LogP contribution in [0.5, 0.6) is 0 Å². The molecule has 5 aromatic rings. The van der Waals surface area contributed by atoms with Gasteiger partial charge in [-0.2, -0.15) is 0 Å². The molecule has 0 aromatic heterocycles. The monoisotopic (exact) mass is 487 g/mol. The zero-order valence-electron chi connectivity index (χ0n) is 21.5. The number of rotatable bonds is 2. The highest BCUT2D eigenvalue weighted by molar-refractivity contribution is 6.13. The van der Waals surface area contributed by atoms with Gasteiger partial charge in [-0.15, -0.1) is 0 Å². The molecule has 182 valence electrons. The molecule has 8 rings (SSSR count). The molecule has 0 fully saturated rings. The van der Waals surface area contributed by atoms with Crippen molar-refractivity contribution in [3.8, 4) is 0 Å². The van der Waals surface area contributed by atoms with Crippen LogP contribution in [0.1, 0.15) is 29.5 Å². The van der Waals surface area contributed by atoms with Gasteiger partial charge in [-0.25, -0.2) is 0 Å². The molecule has 1 heteroatoms. The molecule has 1 aliphatic heterocycles. The number of hydrogen-bond donors (Lipinski definition) is 0. The van der Waals surface area contributed by atoms with Crippen LogP contribution in [0.3, 0.4) is 0 Å². The van der Waals surface area contributed by atoms with Crippen molar-refractivity contribution < 1.29 is 0 Å². The quantitative estimate of drug-likeness (QED) is 0.224. The fraction of sp³-hybridized carbons (Fsp3) is 0.135. The highest BCUT2D eigenvalue weighted by Crippen LogP contribution is 2.51. The van der Waals surface area contributed by atoms with E-state index in [9.17, 15) is 0 Å². The number of para-hydroxylation sites is 2. The van der Waals surface area contributed by atoms with Gasteiger partial charge in [0.15, 0.2) is 0 Å². The molecule has 0 radical (unpaired) electrons. The van der Waals surface area contributed by atoms with Gasteiger partial charge in [0.05, 0.1) is 6.04 Å². The maximum Gasteiger partial charge on any atom is 0.0632 e. The van der Waals surface area contributed by atoms with Crippen LogP contribution in [0, 0.1) is 5.41 Å². The van der Waals surface area contributed by atoms with Crippen molar-refractivity contribution in [2.24, 2.45) is 5.41 Å². The summed E-state index contributed by atoms with van der Waals surface area (Å²) < 4.78 is 0. The topological polar surface area (TPSA) is 3.24 Å². The first-order chi connectivity index (χ1) is 18.7. The van der Waals surface area contributed by atoms with E-state index in [0.29, 0.717) is 5.92 Å². The van der Waals surface area contributed by atoms with Gasteiger partial charge in [-0.05, 0) is 68.4 Å². The van der Waals surface area contributed by atoms with Gasteiger partial charge in [0.25, 0.3) is 0 Å². The number of fused-ring (bicyclic) bond motifs is 9. The van der Waals surface area contributed by atoms with Crippen LogP contribution >= 0.6 is 0 Å². The summed E-state index contributed by atoms with van der Waals surface area (Å²) in [7, 11) is 0. The first-order valence-corrected chi connectivity index (χ1v) is 13.7. The highest BCUT2D eigenvalue weighted by atomic mass is 15.2. The molecule has 3 aliphatic rings. The first kappa shape index (κ1) is 21.7. The Morgan fingerprint density at radius 3 is 2.16 bits per heavy atom. The van der Waals surface area contributed by atoms with Gasteiger partial charge in [0.2, 0.25) is 0 Å². The van der Waals surface area contributed by atoms with Crippen LogP contribution < -0.4 is 4.90 Å². The van der Waals surface area contributed by atoms with Gasteiger partial charge in [0.1, 0.15) is 0 Å². The van der Waals surface area contributed by atoms with E-state index in [1.165, 1.54) is 55.2 Å². The van der Waals surface area contributed by atoms with E-state index in [4.69, 9.17) is 0 Å². The number of nitrogens with zero attached hydrogens (tertiary/aromatic N) is 1. The predicted molar refractivity (Wildman–Crippen MR) is 161 cm³/mol. The number of hydrogen-bond acceptors (Lipinski definition) is 1. The zero-order chi connectivity index (χ0) is 25.3. The summed E-state index contributed by atoms with van der Waals surface area (Å²) in [6.45, 7) is 2.42. The Morgan fingerprint density at radius 2 is 1.34 bits per heavy atom. The SMILES string of the molecule is C[C@@]1(C2=CC3C(C=C2)c2ccccc2N3c2ccccc2)C=Cc2c(c3ccccc3c3ccccc23)C1. The molecule has 5 aromatic carbocycles. The van der Waals surface area contributed by atoms with Crippen LogP contribution in [0.25, 0.3) is 27.6 Å². The second-order valence-electron chi connectivity index (χ2n) is 11.2. The minimum absolute atomic E-state index is 0.0726. The van der Waals surface area contributed by atoms with Crippen LogP contribution in [0.4, 0.5) is 11.4 Å². The maximum atomic E-state index is 2.55. The molecule has 0 saturated carbocycles. The summed E-state index contributed by atoms with van der Waals surface area (Å²) >= 11 is 0. The number of benzene rings is 5. The lowest BCUT2D eigenvalue weighted by Crippen LogP contribution is -2.32. The Kier molecular flexibility index (Phi) is 4.61. The fourth-order valence-corrected chi connectivity index (χ4v) is 7.13. The van der Waals surface area contributed by atoms with E-state index in [1.54, 1.807) is 0 Å². The van der Waals surface area contributed by atoms with E-state index < -0.39 is 0 Å². The summed E-state index contributed by atoms with van der Waals surface area (Å²) in [5.41, 5.74) is 8.18. The minimum atomic E-state index is -0.0726. The Hall–Kier alpha value is -4.36. The van der Waals surface area contributed by atoms with Crippen molar-refractivity contribution in [2.75, 3.05) is 4.90 Å². The number of anilines is 2. The summed E-state index contributed by atoms with van der Waals surface area (Å²) in [6.07, 6.45) is 13.3. The molecule has 38 heavy (non-hydrogen) atoms. The van der Waals surface area contributed by atoms with Crippen LogP contribution in [-0.4, -0.2) is 6.04 Å². The molecule has 0 N–H and O–H groups in total. The first-order valence-electron chi connectivity index (χ1n) is 13.7. The van der Waals surface area contributed by atoms with Crippen molar-refractivity contribution in [3.05, 3.63) is 150 Å². The molecule has 0 spiro atoms. The largest absolute Gasteiger partial charge is 0.333 e. The van der Waals surface area contributed by atoms with Gasteiger partial charge >= 0.3 is 0 Å². The standard InChI is InChI=1S/C37H29N/c1-37(22-21-31-29-15-6-5-13-27(29)28-14-7-8-16-30(28)34(31)24-37)25-19-20-33-32-17-9-10-18-35(32)38(36(33)23-25)26-11-3-2-4-12-26/h2-23,33,36H,24H2,1H3/t33?,36?,37-/m1/s1. The summed E-state index contributed by atoms with van der Waals surface area (Å²) in [5, 5.41) is 5.44. The second kappa shape index (κ2) is 8.07. The van der Waals surface area contributed by atoms with E-state index in [-0.39, 0.29) is 11.5 Å². The molecular weight excluding hydrogens is 458 g/mol. The summed E-state index contributed by atoms with van der Waals surface area (Å²) in [5.74, 6) is 0.364. The third kappa shape index (κ3) is 3.05. The Morgan fingerprint density at radius 1 is 0.684 bits per heavy atom. The van der Waals surface area contributed by atoms with Crippen LogP contribution in [0.15, 0.2) is 133 Å². The normalized spacial score (nSPS) is 23.3. The smallest absolute Gasteiger partial charge is 0.0632 e. The van der Waals surface area contributed by atoms with Gasteiger partial charge in [-0.3, -0.25) is 0 Å². The molecule has 0 bridgehead atoms. The molecule has 2 aliphatic carbocycles. The lowest BCUT2D eigenvalue weighted by Gasteiger charge is -2.37. The molecule has 1 heterocycles. The third-order valence-electron chi connectivity index (χ3n) is 9.00. The minimum Gasteiger partial charge on any atom is -0.333 e. The fourth-order valence-electron chi connectivity index (χ4n) is 7.13. The molecule has 2 unspecified atom stereocenters. The molecular formula is C37H29N. The predicted octanol–water partition coefficient (Wildman–Crippen LogP) is 9.37. The molecule has 0 saturated heterocycles. The van der Waals surface area contributed by atoms with E-state index in [2.05, 4.69) is 145 Å². The Balaban J connectivity index is 1.26. The van der Waals surface area contributed by atoms with Crippen LogP contribution in [-0.2, 0) is 6.42 Å². The molecule has 1 nitrogen and oxygen atoms in total. The van der Waals surface area contributed by atoms with Gasteiger partial charge in [-0.1, -0.05) is 122 Å². The van der Waals surface area contributed by atoms with E-state index in [0.717, 1.165) is 6.42 Å². The Bertz CT molecular complexity index is 1820. The lowest BCUT2D eigenvalue weighted by atomic mass is 9.68. The molecule has 3 atom stereocenters. The highest BCUT2D eigenvalue weighted by Gasteiger charge is 2.41. The third-order valence-corrected chi connectivity index (χ3v) is 9.00. The average molecular weight is 488 g/mol. The molecule has 0 amide bonds. The summed E-state index contributed by atoms with van der Waals surface area (Å²) in [4.78, 5) is 2.54. The zero-order valence-corrected chi connectivity index (χ0v) is 21.5. The second-order valence-corrected chi connectivity index (χ2v) is 11.2. The van der Waals surface area contributed by atoms with Gasteiger partial charge < -0.3 is 4.90 Å². The van der Waals surface area contributed by atoms with E-state index >= 15 is 0 Å². The summed E-state index contributed by atoms with van der Waals surface area (Å²) in [6, 6.07) is 37.9. The van der Waals surface area contributed by atoms with Gasteiger partial charge in [0, 0.05) is 22.7 Å². The van der Waals surface area contributed by atoms with Crippen molar-refractivity contribution >= 4 is 39.0 Å². The van der Waals surface area contributed by atoms with Crippen molar-refractivity contribution in [2.45, 2.75) is 25.3 Å². The number of allylic oxidation sites excluding steroid dienone is 3. The lowest BCUT2D eigenvalue weighted by molar-refractivity contribution is 0.512. The maximum absolute atomic E-state index is 2.55. The average Bonchev–Trinajstić information content (AvgIpc) is 3.31. The Labute approximate surface area is 224 Å². The van der Waals surface area contributed by atoms with Crippen molar-refractivity contribution in [1.82, 2.24) is 0 Å². The van der Waals surface area contributed by atoms with Crippen molar-refractivity contribution in [3.63, 3.8) is 0 Å². The van der Waals surface area contributed by atoms with E-state index in [1.807, 2.05) is 0 Å². The van der Waals surface area contributed by atoms with Crippen LogP contribution in [0.2, 0.25) is 0 Å².